The van der Waals surface area contributed by atoms with Crippen LogP contribution in [-0.4, -0.2) is 18.5 Å². The summed E-state index contributed by atoms with van der Waals surface area (Å²) in [6, 6.07) is 13.6. The van der Waals surface area contributed by atoms with E-state index in [0.29, 0.717) is 17.1 Å². The van der Waals surface area contributed by atoms with Crippen molar-refractivity contribution in [3.8, 4) is 5.75 Å². The zero-order valence-electron chi connectivity index (χ0n) is 16.0. The van der Waals surface area contributed by atoms with Gasteiger partial charge in [-0.1, -0.05) is 6.07 Å². The zero-order chi connectivity index (χ0) is 22.3. The van der Waals surface area contributed by atoms with Gasteiger partial charge in [-0.05, 0) is 54.6 Å². The van der Waals surface area contributed by atoms with Crippen molar-refractivity contribution >= 4 is 23.3 Å². The largest absolute Gasteiger partial charge is 0.484 e. The number of benzene rings is 2. The van der Waals surface area contributed by atoms with Crippen LogP contribution in [0.3, 0.4) is 0 Å². The third-order valence-corrected chi connectivity index (χ3v) is 3.96. The number of urea groups is 1. The molecule has 31 heavy (non-hydrogen) atoms. The Labute approximate surface area is 175 Å². The first-order chi connectivity index (χ1) is 14.8. The van der Waals surface area contributed by atoms with E-state index in [1.807, 2.05) is 0 Å². The van der Waals surface area contributed by atoms with Gasteiger partial charge in [0, 0.05) is 11.4 Å². The van der Waals surface area contributed by atoms with E-state index in [1.165, 1.54) is 18.4 Å². The number of furan rings is 1. The summed E-state index contributed by atoms with van der Waals surface area (Å²) in [7, 11) is 0. The number of carbonyl (C=O) groups excluding carboxylic acids is 2. The molecule has 3 amide bonds. The summed E-state index contributed by atoms with van der Waals surface area (Å²) in [4.78, 5) is 23.8. The SMILES string of the molecule is O=C(COc1cccc(C(F)(F)F)c1)Nc1ccc(NC(=O)NCc2ccco2)cc1. The lowest BCUT2D eigenvalue weighted by molar-refractivity contribution is -0.137. The predicted molar refractivity (Wildman–Crippen MR) is 107 cm³/mol. The molecule has 0 fully saturated rings. The highest BCUT2D eigenvalue weighted by atomic mass is 19.4. The molecule has 0 radical (unpaired) electrons. The Balaban J connectivity index is 1.45. The van der Waals surface area contributed by atoms with Crippen molar-refractivity contribution in [3.63, 3.8) is 0 Å². The van der Waals surface area contributed by atoms with Gasteiger partial charge < -0.3 is 25.1 Å². The minimum Gasteiger partial charge on any atom is -0.484 e. The number of hydrogen-bond donors (Lipinski definition) is 3. The molecule has 0 spiro atoms. The van der Waals surface area contributed by atoms with E-state index in [1.54, 1.807) is 36.4 Å². The van der Waals surface area contributed by atoms with Crippen molar-refractivity contribution in [2.75, 3.05) is 17.2 Å². The van der Waals surface area contributed by atoms with Gasteiger partial charge in [0.05, 0.1) is 18.4 Å². The van der Waals surface area contributed by atoms with Gasteiger partial charge in [0.2, 0.25) is 0 Å². The summed E-state index contributed by atoms with van der Waals surface area (Å²) in [6.07, 6.45) is -2.99. The number of ether oxygens (including phenoxy) is 1. The third-order valence-electron chi connectivity index (χ3n) is 3.96. The summed E-state index contributed by atoms with van der Waals surface area (Å²) in [6.45, 7) is -0.227. The van der Waals surface area contributed by atoms with Crippen LogP contribution in [0.25, 0.3) is 0 Å². The molecule has 3 N–H and O–H groups in total. The normalized spacial score (nSPS) is 10.9. The Morgan fingerprint density at radius 1 is 0.935 bits per heavy atom. The number of alkyl halides is 3. The second kappa shape index (κ2) is 9.70. The van der Waals surface area contributed by atoms with Crippen molar-refractivity contribution in [1.82, 2.24) is 5.32 Å². The maximum atomic E-state index is 12.7. The molecule has 3 rings (SSSR count). The molecule has 0 atom stereocenters. The number of nitrogens with one attached hydrogen (secondary N) is 3. The molecule has 0 aliphatic rings. The van der Waals surface area contributed by atoms with Crippen molar-refractivity contribution in [2.45, 2.75) is 12.7 Å². The fourth-order valence-electron chi connectivity index (χ4n) is 2.50. The van der Waals surface area contributed by atoms with Gasteiger partial charge in [-0.25, -0.2) is 4.79 Å². The average molecular weight is 433 g/mol. The number of carbonyl (C=O) groups is 2. The molecule has 2 aromatic carbocycles. The van der Waals surface area contributed by atoms with Crippen molar-refractivity contribution in [2.24, 2.45) is 0 Å². The van der Waals surface area contributed by atoms with Gasteiger partial charge >= 0.3 is 12.2 Å². The lowest BCUT2D eigenvalue weighted by atomic mass is 10.2. The molecule has 0 saturated carbocycles. The van der Waals surface area contributed by atoms with E-state index >= 15 is 0 Å². The minimum atomic E-state index is -4.49. The number of halogens is 3. The minimum absolute atomic E-state index is 0.0647. The Bertz CT molecular complexity index is 1020. The van der Waals surface area contributed by atoms with Crippen LogP contribution in [0.1, 0.15) is 11.3 Å². The number of hydrogen-bond acceptors (Lipinski definition) is 4. The molecule has 162 valence electrons. The maximum absolute atomic E-state index is 12.7. The quantitative estimate of drug-likeness (QED) is 0.506. The highest BCUT2D eigenvalue weighted by Gasteiger charge is 2.30. The number of rotatable bonds is 7. The number of anilines is 2. The highest BCUT2D eigenvalue weighted by Crippen LogP contribution is 2.31. The van der Waals surface area contributed by atoms with Crippen LogP contribution in [0, 0.1) is 0 Å². The van der Waals surface area contributed by atoms with E-state index in [2.05, 4.69) is 16.0 Å². The Hall–Kier alpha value is -3.95. The lowest BCUT2D eigenvalue weighted by Gasteiger charge is -2.11. The van der Waals surface area contributed by atoms with Gasteiger partial charge in [-0.15, -0.1) is 0 Å². The standard InChI is InChI=1S/C21H18F3N3O4/c22-21(23,24)14-3-1-4-17(11-14)31-13-19(28)26-15-6-8-16(9-7-15)27-20(29)25-12-18-5-2-10-30-18/h1-11H,12-13H2,(H,26,28)(H2,25,27,29). The van der Waals surface area contributed by atoms with Crippen molar-refractivity contribution < 1.29 is 31.9 Å². The summed E-state index contributed by atoms with van der Waals surface area (Å²) < 4.78 is 48.3. The molecule has 10 heteroatoms. The Morgan fingerprint density at radius 2 is 1.65 bits per heavy atom. The van der Waals surface area contributed by atoms with Gasteiger partial charge in [0.25, 0.3) is 5.91 Å². The van der Waals surface area contributed by atoms with E-state index < -0.39 is 30.3 Å². The molecular weight excluding hydrogens is 415 g/mol. The zero-order valence-corrected chi connectivity index (χ0v) is 16.0. The predicted octanol–water partition coefficient (Wildman–Crippen LogP) is 4.64. The highest BCUT2D eigenvalue weighted by molar-refractivity contribution is 5.93. The molecule has 0 aliphatic heterocycles. The summed E-state index contributed by atoms with van der Waals surface area (Å²) in [5, 5.41) is 7.81. The fourth-order valence-corrected chi connectivity index (χ4v) is 2.50. The van der Waals surface area contributed by atoms with Gasteiger partial charge in [-0.3, -0.25) is 4.79 Å². The molecule has 0 aliphatic carbocycles. The lowest BCUT2D eigenvalue weighted by Crippen LogP contribution is -2.28. The molecule has 0 saturated heterocycles. The Kier molecular flexibility index (Phi) is 6.81. The maximum Gasteiger partial charge on any atom is 0.416 e. The monoisotopic (exact) mass is 433 g/mol. The molecule has 3 aromatic rings. The van der Waals surface area contributed by atoms with E-state index in [9.17, 15) is 22.8 Å². The van der Waals surface area contributed by atoms with Gasteiger partial charge in [0.1, 0.15) is 11.5 Å². The van der Waals surface area contributed by atoms with Crippen molar-refractivity contribution in [3.05, 3.63) is 78.3 Å². The molecule has 1 heterocycles. The smallest absolute Gasteiger partial charge is 0.416 e. The van der Waals surface area contributed by atoms with Crippen molar-refractivity contribution in [1.29, 1.82) is 0 Å². The average Bonchev–Trinajstić information content (AvgIpc) is 3.26. The van der Waals surface area contributed by atoms with Crippen LogP contribution in [0.5, 0.6) is 5.75 Å². The molecule has 0 unspecified atom stereocenters. The Morgan fingerprint density at radius 3 is 2.29 bits per heavy atom. The van der Waals surface area contributed by atoms with E-state index in [0.717, 1.165) is 12.1 Å². The number of amides is 3. The molecule has 7 nitrogen and oxygen atoms in total. The third kappa shape index (κ3) is 6.81. The van der Waals surface area contributed by atoms with Gasteiger partial charge in [-0.2, -0.15) is 13.2 Å². The summed E-state index contributed by atoms with van der Waals surface area (Å²) in [5.41, 5.74) is 0.0658. The van der Waals surface area contributed by atoms with Crippen LogP contribution >= 0.6 is 0 Å². The van der Waals surface area contributed by atoms with E-state index in [-0.39, 0.29) is 12.3 Å². The summed E-state index contributed by atoms with van der Waals surface area (Å²) >= 11 is 0. The molecule has 1 aromatic heterocycles. The first kappa shape index (κ1) is 21.8. The molecule has 0 bridgehead atoms. The van der Waals surface area contributed by atoms with Gasteiger partial charge in [0.15, 0.2) is 6.61 Å². The van der Waals surface area contributed by atoms with Crippen LogP contribution in [0.2, 0.25) is 0 Å². The van der Waals surface area contributed by atoms with E-state index in [4.69, 9.17) is 9.15 Å². The first-order valence-electron chi connectivity index (χ1n) is 9.07. The molecular formula is C21H18F3N3O4. The summed E-state index contributed by atoms with van der Waals surface area (Å²) in [5.74, 6) is -0.0000393. The fraction of sp³-hybridized carbons (Fsp3) is 0.143. The van der Waals surface area contributed by atoms with Crippen LogP contribution in [-0.2, 0) is 17.5 Å². The van der Waals surface area contributed by atoms with Crippen LogP contribution in [0.15, 0.2) is 71.3 Å². The van der Waals surface area contributed by atoms with Crippen LogP contribution in [0.4, 0.5) is 29.3 Å². The topological polar surface area (TPSA) is 92.6 Å². The second-order valence-electron chi connectivity index (χ2n) is 6.33. The van der Waals surface area contributed by atoms with Crippen LogP contribution < -0.4 is 20.7 Å². The second-order valence-corrected chi connectivity index (χ2v) is 6.33. The first-order valence-corrected chi connectivity index (χ1v) is 9.07.